The largest absolute Gasteiger partial charge is 0.385 e. The average molecular weight is 281 g/mol. The van der Waals surface area contributed by atoms with Gasteiger partial charge in [-0.15, -0.1) is 0 Å². The molecule has 0 bridgehead atoms. The zero-order valence-corrected chi connectivity index (χ0v) is 12.3. The van der Waals surface area contributed by atoms with E-state index in [9.17, 15) is 9.90 Å². The summed E-state index contributed by atoms with van der Waals surface area (Å²) in [7, 11) is 1.77. The van der Waals surface area contributed by atoms with Gasteiger partial charge in [-0.25, -0.2) is 0 Å². The van der Waals surface area contributed by atoms with Crippen molar-refractivity contribution in [3.63, 3.8) is 0 Å². The molecular weight excluding hydrogens is 262 g/mol. The summed E-state index contributed by atoms with van der Waals surface area (Å²) >= 11 is 0. The van der Waals surface area contributed by atoms with Crippen LogP contribution < -0.4 is 4.90 Å². The number of hydrogen-bond acceptors (Lipinski definition) is 2. The molecule has 0 aromatic heterocycles. The van der Waals surface area contributed by atoms with Crippen LogP contribution in [-0.2, 0) is 16.8 Å². The normalized spacial score (nSPS) is 24.8. The number of nitrogens with zero attached hydrogens (tertiary/aromatic N) is 1. The molecule has 21 heavy (non-hydrogen) atoms. The van der Waals surface area contributed by atoms with Gasteiger partial charge in [0, 0.05) is 18.3 Å². The predicted octanol–water partition coefficient (Wildman–Crippen LogP) is 2.73. The third-order valence-corrected chi connectivity index (χ3v) is 4.40. The number of para-hydroxylation sites is 1. The minimum atomic E-state index is -1.16. The maximum absolute atomic E-state index is 12.7. The van der Waals surface area contributed by atoms with E-state index in [4.69, 9.17) is 0 Å². The minimum absolute atomic E-state index is 0.0393. The number of fused-ring (bicyclic) bond motifs is 1. The van der Waals surface area contributed by atoms with Gasteiger partial charge in [0.15, 0.2) is 0 Å². The molecule has 0 spiro atoms. The van der Waals surface area contributed by atoms with Crippen LogP contribution in [0, 0.1) is 5.92 Å². The van der Waals surface area contributed by atoms with Crippen molar-refractivity contribution >= 4 is 11.6 Å². The molecule has 0 saturated carbocycles. The molecule has 1 heterocycles. The van der Waals surface area contributed by atoms with Gasteiger partial charge in [0.25, 0.3) is 0 Å². The van der Waals surface area contributed by atoms with E-state index in [1.807, 2.05) is 54.6 Å². The first-order chi connectivity index (χ1) is 10.0. The molecule has 2 aromatic carbocycles. The Morgan fingerprint density at radius 3 is 2.43 bits per heavy atom. The summed E-state index contributed by atoms with van der Waals surface area (Å²) in [6, 6.07) is 17.4. The van der Waals surface area contributed by atoms with Crippen molar-refractivity contribution in [2.75, 3.05) is 11.9 Å². The monoisotopic (exact) mass is 281 g/mol. The van der Waals surface area contributed by atoms with Crippen molar-refractivity contribution in [2.24, 2.45) is 5.92 Å². The van der Waals surface area contributed by atoms with E-state index in [2.05, 4.69) is 0 Å². The van der Waals surface area contributed by atoms with Crippen LogP contribution in [0.1, 0.15) is 18.1 Å². The van der Waals surface area contributed by atoms with Crippen molar-refractivity contribution in [1.29, 1.82) is 0 Å². The molecule has 0 aliphatic carbocycles. The van der Waals surface area contributed by atoms with Gasteiger partial charge in [0.05, 0.1) is 5.92 Å². The lowest BCUT2D eigenvalue weighted by molar-refractivity contribution is -0.132. The second-order valence-electron chi connectivity index (χ2n) is 5.80. The third kappa shape index (κ3) is 2.24. The van der Waals surface area contributed by atoms with Gasteiger partial charge in [-0.1, -0.05) is 48.5 Å². The molecule has 3 nitrogen and oxygen atoms in total. The number of hydrogen-bond donors (Lipinski definition) is 1. The van der Waals surface area contributed by atoms with Gasteiger partial charge in [0.1, 0.15) is 5.60 Å². The van der Waals surface area contributed by atoms with E-state index in [0.717, 1.165) is 16.8 Å². The maximum Gasteiger partial charge on any atom is 0.233 e. The average Bonchev–Trinajstić information content (AvgIpc) is 2.51. The Hall–Kier alpha value is -2.13. The maximum atomic E-state index is 12.7. The highest BCUT2D eigenvalue weighted by molar-refractivity contribution is 5.99. The van der Waals surface area contributed by atoms with Crippen molar-refractivity contribution < 1.29 is 9.90 Å². The van der Waals surface area contributed by atoms with Crippen LogP contribution in [0.5, 0.6) is 0 Å². The Bertz CT molecular complexity index is 664. The molecule has 2 aromatic rings. The fourth-order valence-electron chi connectivity index (χ4n) is 3.11. The zero-order chi connectivity index (χ0) is 15.0. The lowest BCUT2D eigenvalue weighted by Crippen LogP contribution is -2.50. The first-order valence-corrected chi connectivity index (χ1v) is 7.15. The zero-order valence-electron chi connectivity index (χ0n) is 12.3. The van der Waals surface area contributed by atoms with E-state index < -0.39 is 11.5 Å². The summed E-state index contributed by atoms with van der Waals surface area (Å²) in [5, 5.41) is 11.0. The molecule has 0 radical (unpaired) electrons. The molecule has 0 unspecified atom stereocenters. The fraction of sp³-hybridized carbons (Fsp3) is 0.278. The minimum Gasteiger partial charge on any atom is -0.385 e. The molecule has 1 N–H and O–H groups in total. The first-order valence-electron chi connectivity index (χ1n) is 7.15. The molecule has 108 valence electrons. The lowest BCUT2D eigenvalue weighted by atomic mass is 9.75. The molecule has 1 amide bonds. The molecule has 3 rings (SSSR count). The summed E-state index contributed by atoms with van der Waals surface area (Å²) in [5.74, 6) is -0.512. The van der Waals surface area contributed by atoms with Crippen molar-refractivity contribution in [2.45, 2.75) is 18.9 Å². The number of amides is 1. The van der Waals surface area contributed by atoms with Gasteiger partial charge in [-0.05, 0) is 25.0 Å². The Morgan fingerprint density at radius 2 is 1.71 bits per heavy atom. The quantitative estimate of drug-likeness (QED) is 0.919. The van der Waals surface area contributed by atoms with Crippen LogP contribution in [0.15, 0.2) is 54.6 Å². The van der Waals surface area contributed by atoms with Crippen LogP contribution in [0.4, 0.5) is 5.69 Å². The SMILES string of the molecule is CN1C(=O)[C@@H](Cc2ccccc2)[C@@](C)(O)c2ccccc21. The van der Waals surface area contributed by atoms with E-state index in [-0.39, 0.29) is 5.91 Å². The predicted molar refractivity (Wildman–Crippen MR) is 83.1 cm³/mol. The Kier molecular flexibility index (Phi) is 3.30. The van der Waals surface area contributed by atoms with Crippen LogP contribution >= 0.6 is 0 Å². The van der Waals surface area contributed by atoms with Crippen LogP contribution in [0.25, 0.3) is 0 Å². The molecule has 0 saturated heterocycles. The number of rotatable bonds is 2. The number of benzene rings is 2. The smallest absolute Gasteiger partial charge is 0.233 e. The van der Waals surface area contributed by atoms with Gasteiger partial charge < -0.3 is 10.0 Å². The lowest BCUT2D eigenvalue weighted by Gasteiger charge is -2.42. The standard InChI is InChI=1S/C18H19NO2/c1-18(21)14-10-6-7-11-16(14)19(2)17(20)15(18)12-13-8-4-3-5-9-13/h3-11,15,21H,12H2,1-2H3/t15-,18+/m1/s1. The summed E-state index contributed by atoms with van der Waals surface area (Å²) in [6.07, 6.45) is 0.533. The van der Waals surface area contributed by atoms with Crippen LogP contribution in [0.3, 0.4) is 0 Å². The van der Waals surface area contributed by atoms with Crippen molar-refractivity contribution in [3.05, 3.63) is 65.7 Å². The highest BCUT2D eigenvalue weighted by Gasteiger charge is 2.46. The Labute approximate surface area is 124 Å². The molecular formula is C18H19NO2. The topological polar surface area (TPSA) is 40.5 Å². The second kappa shape index (κ2) is 5.01. The van der Waals surface area contributed by atoms with E-state index in [1.54, 1.807) is 18.9 Å². The molecule has 2 atom stereocenters. The number of anilines is 1. The van der Waals surface area contributed by atoms with Crippen LogP contribution in [0.2, 0.25) is 0 Å². The summed E-state index contributed by atoms with van der Waals surface area (Å²) in [5.41, 5.74) is 1.50. The number of carbonyl (C=O) groups is 1. The molecule has 1 aliphatic heterocycles. The van der Waals surface area contributed by atoms with Gasteiger partial charge in [-0.3, -0.25) is 4.79 Å². The molecule has 1 aliphatic rings. The van der Waals surface area contributed by atoms with Crippen LogP contribution in [-0.4, -0.2) is 18.1 Å². The van der Waals surface area contributed by atoms with Crippen molar-refractivity contribution in [1.82, 2.24) is 0 Å². The van der Waals surface area contributed by atoms with Crippen molar-refractivity contribution in [3.8, 4) is 0 Å². The third-order valence-electron chi connectivity index (χ3n) is 4.40. The second-order valence-corrected chi connectivity index (χ2v) is 5.80. The Balaban J connectivity index is 2.04. The highest BCUT2D eigenvalue weighted by atomic mass is 16.3. The number of carbonyl (C=O) groups excluding carboxylic acids is 1. The Morgan fingerprint density at radius 1 is 1.10 bits per heavy atom. The van der Waals surface area contributed by atoms with Gasteiger partial charge in [0.2, 0.25) is 5.91 Å². The first kappa shape index (κ1) is 13.8. The summed E-state index contributed by atoms with van der Waals surface area (Å²) in [6.45, 7) is 1.74. The molecule has 0 fully saturated rings. The summed E-state index contributed by atoms with van der Waals surface area (Å²) in [4.78, 5) is 14.3. The van der Waals surface area contributed by atoms with Gasteiger partial charge in [-0.2, -0.15) is 0 Å². The number of aliphatic hydroxyl groups is 1. The summed E-state index contributed by atoms with van der Waals surface area (Å²) < 4.78 is 0. The van der Waals surface area contributed by atoms with E-state index in [0.29, 0.717) is 6.42 Å². The van der Waals surface area contributed by atoms with E-state index in [1.165, 1.54) is 0 Å². The van der Waals surface area contributed by atoms with Gasteiger partial charge >= 0.3 is 0 Å². The van der Waals surface area contributed by atoms with E-state index >= 15 is 0 Å². The fourth-order valence-corrected chi connectivity index (χ4v) is 3.11. The highest BCUT2D eigenvalue weighted by Crippen LogP contribution is 2.42. The molecule has 3 heteroatoms.